The molecule has 0 radical (unpaired) electrons. The van der Waals surface area contributed by atoms with Gasteiger partial charge in [0.05, 0.1) is 44.6 Å². The van der Waals surface area contributed by atoms with E-state index in [4.69, 9.17) is 25.1 Å². The number of ether oxygens (including phenoxy) is 3. The first-order valence-electron chi connectivity index (χ1n) is 11.1. The Morgan fingerprint density at radius 3 is 2.24 bits per heavy atom. The Morgan fingerprint density at radius 1 is 1.06 bits per heavy atom. The normalized spacial score (nSPS) is 14.6. The topological polar surface area (TPSA) is 99.2 Å². The van der Waals surface area contributed by atoms with E-state index < -0.39 is 5.91 Å². The number of aliphatic hydroxyl groups excluding tert-OH is 1. The zero-order chi connectivity index (χ0) is 23.5. The maximum absolute atomic E-state index is 12.3. The van der Waals surface area contributed by atoms with Gasteiger partial charge in [0.25, 0.3) is 5.91 Å². The lowest BCUT2D eigenvalue weighted by Gasteiger charge is -2.33. The van der Waals surface area contributed by atoms with Crippen molar-refractivity contribution in [2.24, 2.45) is 5.73 Å². The average molecular weight is 454 g/mol. The van der Waals surface area contributed by atoms with Crippen LogP contribution in [0.25, 0.3) is 16.6 Å². The monoisotopic (exact) mass is 453 g/mol. The Hall–Kier alpha value is -3.23. The third-order valence-corrected chi connectivity index (χ3v) is 6.32. The molecule has 3 aromatic rings. The number of carbonyl (C=O) groups excluding carboxylic acids is 1. The summed E-state index contributed by atoms with van der Waals surface area (Å²) in [7, 11) is 3.16. The molecule has 4 rings (SSSR count). The third-order valence-electron chi connectivity index (χ3n) is 6.32. The molecule has 33 heavy (non-hydrogen) atoms. The maximum atomic E-state index is 12.3. The summed E-state index contributed by atoms with van der Waals surface area (Å²) in [5.74, 6) is 0.653. The number of methoxy groups -OCH3 is 2. The van der Waals surface area contributed by atoms with Gasteiger partial charge in [0, 0.05) is 41.6 Å². The number of piperidine rings is 1. The molecule has 3 N–H and O–H groups in total. The van der Waals surface area contributed by atoms with Crippen molar-refractivity contribution in [1.29, 1.82) is 0 Å². The number of hydrogen-bond acceptors (Lipinski definition) is 6. The van der Waals surface area contributed by atoms with Crippen LogP contribution in [0.15, 0.2) is 36.4 Å². The van der Waals surface area contributed by atoms with Gasteiger partial charge in [-0.25, -0.2) is 0 Å². The molecule has 8 nitrogen and oxygen atoms in total. The summed E-state index contributed by atoms with van der Waals surface area (Å²) in [6, 6.07) is 12.0. The Kier molecular flexibility index (Phi) is 6.76. The number of fused-ring (bicyclic) bond motifs is 1. The van der Waals surface area contributed by atoms with Crippen molar-refractivity contribution >= 4 is 22.5 Å². The van der Waals surface area contributed by atoms with Crippen molar-refractivity contribution in [2.45, 2.75) is 25.9 Å². The van der Waals surface area contributed by atoms with Crippen molar-refractivity contribution in [1.82, 2.24) is 4.57 Å². The van der Waals surface area contributed by atoms with Gasteiger partial charge in [-0.1, -0.05) is 0 Å². The molecule has 1 aliphatic heterocycles. The number of nitrogens with two attached hydrogens (primary N) is 1. The van der Waals surface area contributed by atoms with Crippen LogP contribution in [0.1, 0.15) is 28.9 Å². The summed E-state index contributed by atoms with van der Waals surface area (Å²) in [6.45, 7) is 4.16. The SMILES string of the molecule is COc1cc2c(C(N)=O)c(C)n(-c3ccc(N4CCC(OCCO)CC4)cc3)c2cc1OC. The summed E-state index contributed by atoms with van der Waals surface area (Å²) in [4.78, 5) is 14.6. The van der Waals surface area contributed by atoms with E-state index in [-0.39, 0.29) is 12.7 Å². The number of anilines is 1. The standard InChI is InChI=1S/C25H31N3O5/c1-16-24(25(26)30)20-14-22(31-2)23(32-3)15-21(20)28(16)18-6-4-17(5-7-18)27-10-8-19(9-11-27)33-13-12-29/h4-7,14-15,19,29H,8-13H2,1-3H3,(H2,26,30). The fraction of sp³-hybridized carbons (Fsp3) is 0.400. The molecule has 8 heteroatoms. The van der Waals surface area contributed by atoms with Crippen molar-refractivity contribution in [3.05, 3.63) is 47.7 Å². The summed E-state index contributed by atoms with van der Waals surface area (Å²) < 4.78 is 18.6. The first-order chi connectivity index (χ1) is 16.0. The maximum Gasteiger partial charge on any atom is 0.251 e. The van der Waals surface area contributed by atoms with Crippen LogP contribution in [0, 0.1) is 6.92 Å². The molecule has 1 fully saturated rings. The number of carbonyl (C=O) groups is 1. The summed E-state index contributed by atoms with van der Waals surface area (Å²) in [5, 5.41) is 9.67. The predicted molar refractivity (Wildman–Crippen MR) is 128 cm³/mol. The first kappa shape index (κ1) is 22.9. The zero-order valence-electron chi connectivity index (χ0n) is 19.3. The Bertz CT molecular complexity index is 1130. The molecular weight excluding hydrogens is 422 g/mol. The smallest absolute Gasteiger partial charge is 0.251 e. The van der Waals surface area contributed by atoms with E-state index in [2.05, 4.69) is 29.2 Å². The molecule has 0 saturated carbocycles. The van der Waals surface area contributed by atoms with Gasteiger partial charge >= 0.3 is 0 Å². The number of primary amides is 1. The minimum absolute atomic E-state index is 0.0608. The van der Waals surface area contributed by atoms with Crippen LogP contribution in [0.4, 0.5) is 5.69 Å². The average Bonchev–Trinajstić information content (AvgIpc) is 3.13. The van der Waals surface area contributed by atoms with Crippen molar-refractivity contribution in [3.8, 4) is 17.2 Å². The Labute approximate surface area is 193 Å². The number of hydrogen-bond donors (Lipinski definition) is 2. The van der Waals surface area contributed by atoms with Gasteiger partial charge in [0.15, 0.2) is 11.5 Å². The Balaban J connectivity index is 1.67. The number of aromatic nitrogens is 1. The molecular formula is C25H31N3O5. The molecule has 1 amide bonds. The molecule has 2 aromatic carbocycles. The van der Waals surface area contributed by atoms with Crippen LogP contribution in [0.3, 0.4) is 0 Å². The fourth-order valence-corrected chi connectivity index (χ4v) is 4.70. The first-order valence-corrected chi connectivity index (χ1v) is 11.1. The molecule has 0 atom stereocenters. The van der Waals surface area contributed by atoms with E-state index in [1.807, 2.05) is 17.6 Å². The summed E-state index contributed by atoms with van der Waals surface area (Å²) in [5.41, 5.74) is 9.88. The highest BCUT2D eigenvalue weighted by Crippen LogP contribution is 2.38. The summed E-state index contributed by atoms with van der Waals surface area (Å²) in [6.07, 6.45) is 2.08. The lowest BCUT2D eigenvalue weighted by Crippen LogP contribution is -2.37. The van der Waals surface area contributed by atoms with E-state index in [0.29, 0.717) is 23.7 Å². The minimum atomic E-state index is -0.480. The highest BCUT2D eigenvalue weighted by molar-refractivity contribution is 6.09. The summed E-state index contributed by atoms with van der Waals surface area (Å²) >= 11 is 0. The number of aliphatic hydroxyl groups is 1. The van der Waals surface area contributed by atoms with Gasteiger partial charge in [0.2, 0.25) is 0 Å². The molecule has 1 aliphatic rings. The highest BCUT2D eigenvalue weighted by atomic mass is 16.5. The van der Waals surface area contributed by atoms with Crippen LogP contribution >= 0.6 is 0 Å². The van der Waals surface area contributed by atoms with E-state index in [1.54, 1.807) is 20.3 Å². The zero-order valence-corrected chi connectivity index (χ0v) is 19.3. The van der Waals surface area contributed by atoms with Gasteiger partial charge in [-0.15, -0.1) is 0 Å². The molecule has 0 unspecified atom stereocenters. The van der Waals surface area contributed by atoms with Crippen molar-refractivity contribution in [3.63, 3.8) is 0 Å². The number of amides is 1. The van der Waals surface area contributed by atoms with Gasteiger partial charge in [-0.2, -0.15) is 0 Å². The van der Waals surface area contributed by atoms with Crippen LogP contribution in [-0.2, 0) is 4.74 Å². The number of benzene rings is 2. The van der Waals surface area contributed by atoms with Gasteiger partial charge in [-0.3, -0.25) is 4.79 Å². The van der Waals surface area contributed by atoms with Gasteiger partial charge < -0.3 is 34.5 Å². The second kappa shape index (κ2) is 9.72. The van der Waals surface area contributed by atoms with Crippen LogP contribution in [-0.4, -0.2) is 62.2 Å². The van der Waals surface area contributed by atoms with E-state index in [9.17, 15) is 4.79 Å². The fourth-order valence-electron chi connectivity index (χ4n) is 4.70. The van der Waals surface area contributed by atoms with Crippen LogP contribution in [0.2, 0.25) is 0 Å². The molecule has 0 bridgehead atoms. The lowest BCUT2D eigenvalue weighted by atomic mass is 10.1. The van der Waals surface area contributed by atoms with E-state index >= 15 is 0 Å². The Morgan fingerprint density at radius 2 is 1.67 bits per heavy atom. The molecule has 0 aliphatic carbocycles. The second-order valence-corrected chi connectivity index (χ2v) is 8.18. The van der Waals surface area contributed by atoms with E-state index in [0.717, 1.165) is 53.9 Å². The minimum Gasteiger partial charge on any atom is -0.493 e. The number of nitrogens with zero attached hydrogens (tertiary/aromatic N) is 2. The molecule has 176 valence electrons. The van der Waals surface area contributed by atoms with Gasteiger partial charge in [-0.05, 0) is 50.1 Å². The van der Waals surface area contributed by atoms with E-state index in [1.165, 1.54) is 0 Å². The molecule has 1 aromatic heterocycles. The molecule has 2 heterocycles. The number of rotatable bonds is 8. The second-order valence-electron chi connectivity index (χ2n) is 8.18. The van der Waals surface area contributed by atoms with Crippen molar-refractivity contribution in [2.75, 3.05) is 45.4 Å². The quantitative estimate of drug-likeness (QED) is 0.544. The highest BCUT2D eigenvalue weighted by Gasteiger charge is 2.23. The largest absolute Gasteiger partial charge is 0.493 e. The molecule has 1 saturated heterocycles. The predicted octanol–water partition coefficient (Wildman–Crippen LogP) is 3.03. The molecule has 0 spiro atoms. The third kappa shape index (κ3) is 4.36. The van der Waals surface area contributed by atoms with Crippen molar-refractivity contribution < 1.29 is 24.1 Å². The van der Waals surface area contributed by atoms with Crippen LogP contribution < -0.4 is 20.1 Å². The van der Waals surface area contributed by atoms with Gasteiger partial charge in [0.1, 0.15) is 0 Å². The lowest BCUT2D eigenvalue weighted by molar-refractivity contribution is 0.0159. The van der Waals surface area contributed by atoms with Crippen LogP contribution in [0.5, 0.6) is 11.5 Å².